The van der Waals surface area contributed by atoms with Crippen molar-refractivity contribution in [2.45, 2.75) is 35.6 Å². The lowest BCUT2D eigenvalue weighted by Gasteiger charge is -2.15. The van der Waals surface area contributed by atoms with Gasteiger partial charge in [-0.3, -0.25) is 0 Å². The van der Waals surface area contributed by atoms with Gasteiger partial charge < -0.3 is 5.73 Å². The van der Waals surface area contributed by atoms with Gasteiger partial charge in [0, 0.05) is 18.8 Å². The highest BCUT2D eigenvalue weighted by atomic mass is 35.5. The molecule has 3 N–H and O–H groups in total. The largest absolute Gasteiger partial charge is 0.323 e. The van der Waals surface area contributed by atoms with Crippen molar-refractivity contribution >= 4 is 32.3 Å². The van der Waals surface area contributed by atoms with Gasteiger partial charge in [-0.1, -0.05) is 38.1 Å². The summed E-state index contributed by atoms with van der Waals surface area (Å²) in [6.45, 7) is 4.23. The molecular formula is C18H25ClN2O4S2. The molecule has 6 nitrogen and oxygen atoms in total. The number of sulfone groups is 1. The SMILES string of the molecule is CC(C)c1ccc(C(N)CNS(=O)(=O)c2ccc(S(C)(=O)=O)cc2)cc1.Cl. The maximum absolute atomic E-state index is 12.4. The predicted octanol–water partition coefficient (Wildman–Crippen LogP) is 2.61. The smallest absolute Gasteiger partial charge is 0.240 e. The highest BCUT2D eigenvalue weighted by molar-refractivity contribution is 7.90. The lowest BCUT2D eigenvalue weighted by molar-refractivity contribution is 0.572. The van der Waals surface area contributed by atoms with E-state index >= 15 is 0 Å². The molecule has 0 bridgehead atoms. The number of sulfonamides is 1. The summed E-state index contributed by atoms with van der Waals surface area (Å²) in [5.74, 6) is 0.411. The summed E-state index contributed by atoms with van der Waals surface area (Å²) in [6, 6.07) is 12.4. The van der Waals surface area contributed by atoms with Crippen LogP contribution in [0.5, 0.6) is 0 Å². The molecule has 0 saturated carbocycles. The summed E-state index contributed by atoms with van der Waals surface area (Å²) >= 11 is 0. The summed E-state index contributed by atoms with van der Waals surface area (Å²) in [5, 5.41) is 0. The fourth-order valence-corrected chi connectivity index (χ4v) is 4.09. The van der Waals surface area contributed by atoms with Crippen molar-refractivity contribution in [3.8, 4) is 0 Å². The van der Waals surface area contributed by atoms with Crippen LogP contribution in [-0.2, 0) is 19.9 Å². The molecule has 0 radical (unpaired) electrons. The highest BCUT2D eigenvalue weighted by Gasteiger charge is 2.17. The van der Waals surface area contributed by atoms with Gasteiger partial charge >= 0.3 is 0 Å². The van der Waals surface area contributed by atoms with Crippen LogP contribution >= 0.6 is 12.4 Å². The van der Waals surface area contributed by atoms with Gasteiger partial charge in [-0.15, -0.1) is 12.4 Å². The quantitative estimate of drug-likeness (QED) is 0.699. The van der Waals surface area contributed by atoms with Crippen LogP contribution in [0.3, 0.4) is 0 Å². The summed E-state index contributed by atoms with van der Waals surface area (Å²) in [7, 11) is -7.14. The second-order valence-electron chi connectivity index (χ2n) is 6.52. The van der Waals surface area contributed by atoms with Gasteiger partial charge in [0.25, 0.3) is 0 Å². The highest BCUT2D eigenvalue weighted by Crippen LogP contribution is 2.18. The summed E-state index contributed by atoms with van der Waals surface area (Å²) < 4.78 is 50.1. The molecule has 2 aromatic rings. The minimum Gasteiger partial charge on any atom is -0.323 e. The topological polar surface area (TPSA) is 106 Å². The minimum atomic E-state index is -3.77. The van der Waals surface area contributed by atoms with Crippen molar-refractivity contribution in [2.24, 2.45) is 5.73 Å². The first-order chi connectivity index (χ1) is 12.0. The number of hydrogen-bond acceptors (Lipinski definition) is 5. The van der Waals surface area contributed by atoms with E-state index < -0.39 is 25.9 Å². The third-order valence-corrected chi connectivity index (χ3v) is 6.65. The van der Waals surface area contributed by atoms with Crippen molar-refractivity contribution in [2.75, 3.05) is 12.8 Å². The predicted molar refractivity (Wildman–Crippen MR) is 109 cm³/mol. The van der Waals surface area contributed by atoms with Gasteiger partial charge in [0.1, 0.15) is 0 Å². The van der Waals surface area contributed by atoms with E-state index in [1.807, 2.05) is 24.3 Å². The third kappa shape index (κ3) is 6.29. The molecule has 27 heavy (non-hydrogen) atoms. The Morgan fingerprint density at radius 1 is 0.852 bits per heavy atom. The molecule has 1 unspecified atom stereocenters. The van der Waals surface area contributed by atoms with Crippen LogP contribution in [0.15, 0.2) is 58.3 Å². The molecule has 9 heteroatoms. The number of nitrogens with one attached hydrogen (secondary N) is 1. The Hall–Kier alpha value is -1.45. The van der Waals surface area contributed by atoms with Gasteiger partial charge in [-0.2, -0.15) is 0 Å². The molecule has 0 saturated heterocycles. The lowest BCUT2D eigenvalue weighted by Crippen LogP contribution is -2.32. The first-order valence-electron chi connectivity index (χ1n) is 8.16. The van der Waals surface area contributed by atoms with E-state index in [-0.39, 0.29) is 28.7 Å². The van der Waals surface area contributed by atoms with Crippen LogP contribution < -0.4 is 10.5 Å². The molecule has 0 aliphatic rings. The zero-order valence-electron chi connectivity index (χ0n) is 15.4. The molecule has 2 rings (SSSR count). The molecule has 0 aliphatic heterocycles. The molecular weight excluding hydrogens is 408 g/mol. The second-order valence-corrected chi connectivity index (χ2v) is 10.3. The van der Waals surface area contributed by atoms with Crippen LogP contribution in [0.25, 0.3) is 0 Å². The van der Waals surface area contributed by atoms with Crippen molar-refractivity contribution in [1.29, 1.82) is 0 Å². The van der Waals surface area contributed by atoms with Gasteiger partial charge in [-0.25, -0.2) is 21.6 Å². The van der Waals surface area contributed by atoms with E-state index in [0.29, 0.717) is 5.92 Å². The average Bonchev–Trinajstić information content (AvgIpc) is 2.59. The van der Waals surface area contributed by atoms with Crippen LogP contribution in [0.2, 0.25) is 0 Å². The van der Waals surface area contributed by atoms with E-state index in [9.17, 15) is 16.8 Å². The molecule has 0 spiro atoms. The number of halogens is 1. The second kappa shape index (κ2) is 9.16. The van der Waals surface area contributed by atoms with E-state index in [1.165, 1.54) is 29.8 Å². The maximum Gasteiger partial charge on any atom is 0.240 e. The fourth-order valence-electron chi connectivity index (χ4n) is 2.39. The lowest BCUT2D eigenvalue weighted by atomic mass is 9.99. The Morgan fingerprint density at radius 2 is 1.30 bits per heavy atom. The molecule has 0 aliphatic carbocycles. The van der Waals surface area contributed by atoms with Crippen LogP contribution in [-0.4, -0.2) is 29.6 Å². The molecule has 1 atom stereocenters. The van der Waals surface area contributed by atoms with Crippen molar-refractivity contribution in [1.82, 2.24) is 4.72 Å². The molecule has 150 valence electrons. The molecule has 2 aromatic carbocycles. The fraction of sp³-hybridized carbons (Fsp3) is 0.333. The maximum atomic E-state index is 12.4. The molecule has 0 heterocycles. The monoisotopic (exact) mass is 432 g/mol. The molecule has 0 amide bonds. The average molecular weight is 433 g/mol. The van der Waals surface area contributed by atoms with Crippen molar-refractivity contribution in [3.63, 3.8) is 0 Å². The number of nitrogens with two attached hydrogens (primary N) is 1. The van der Waals surface area contributed by atoms with Crippen LogP contribution in [0.4, 0.5) is 0 Å². The Morgan fingerprint density at radius 3 is 1.74 bits per heavy atom. The van der Waals surface area contributed by atoms with E-state index in [1.54, 1.807) is 0 Å². The van der Waals surface area contributed by atoms with Gasteiger partial charge in [0.15, 0.2) is 9.84 Å². The van der Waals surface area contributed by atoms with Crippen LogP contribution in [0, 0.1) is 0 Å². The molecule has 0 aromatic heterocycles. The van der Waals surface area contributed by atoms with E-state index in [4.69, 9.17) is 5.73 Å². The Balaban J connectivity index is 0.00000364. The number of benzene rings is 2. The Labute approximate surface area is 167 Å². The first-order valence-corrected chi connectivity index (χ1v) is 11.5. The summed E-state index contributed by atoms with van der Waals surface area (Å²) in [5.41, 5.74) is 8.11. The minimum absolute atomic E-state index is 0. The third-order valence-electron chi connectivity index (χ3n) is 4.09. The van der Waals surface area contributed by atoms with Gasteiger partial charge in [-0.05, 0) is 41.3 Å². The summed E-state index contributed by atoms with van der Waals surface area (Å²) in [6.07, 6.45) is 1.07. The van der Waals surface area contributed by atoms with E-state index in [2.05, 4.69) is 18.6 Å². The van der Waals surface area contributed by atoms with Gasteiger partial charge in [0.05, 0.1) is 9.79 Å². The Kier molecular flexibility index (Phi) is 8.00. The number of rotatable bonds is 7. The van der Waals surface area contributed by atoms with E-state index in [0.717, 1.165) is 11.8 Å². The van der Waals surface area contributed by atoms with Gasteiger partial charge in [0.2, 0.25) is 10.0 Å². The number of hydrogen-bond donors (Lipinski definition) is 2. The van der Waals surface area contributed by atoms with Crippen LogP contribution in [0.1, 0.15) is 36.9 Å². The zero-order chi connectivity index (χ0) is 19.5. The summed E-state index contributed by atoms with van der Waals surface area (Å²) in [4.78, 5) is 0.0608. The first kappa shape index (κ1) is 23.6. The normalized spacial score (nSPS) is 13.2. The van der Waals surface area contributed by atoms with Crippen molar-refractivity contribution in [3.05, 3.63) is 59.7 Å². The Bertz CT molecular complexity index is 955. The zero-order valence-corrected chi connectivity index (χ0v) is 17.9. The van der Waals surface area contributed by atoms with Crippen molar-refractivity contribution < 1.29 is 16.8 Å². The molecule has 0 fully saturated rings. The standard InChI is InChI=1S/C18H24N2O4S2.ClH/c1-13(2)14-4-6-15(7-5-14)18(19)12-20-26(23,24)17-10-8-16(9-11-17)25(3,21)22;/h4-11,13,18,20H,12,19H2,1-3H3;1H.